The number of Topliss-reactive ketones (excluding diaryl/α,β-unsaturated/α-hetero) is 1. The third-order valence-corrected chi connectivity index (χ3v) is 12.3. The summed E-state index contributed by atoms with van der Waals surface area (Å²) >= 11 is 0. The van der Waals surface area contributed by atoms with Crippen molar-refractivity contribution in [2.75, 3.05) is 26.4 Å². The molecule has 0 aliphatic rings. The van der Waals surface area contributed by atoms with E-state index in [1.54, 1.807) is 117 Å². The monoisotopic (exact) mass is 1010 g/mol. The number of carbonyl (C=O) groups excluding carboxylic acids is 3. The van der Waals surface area contributed by atoms with Crippen molar-refractivity contribution in [3.05, 3.63) is 189 Å². The van der Waals surface area contributed by atoms with Crippen molar-refractivity contribution in [2.45, 2.75) is 88.4 Å². The van der Waals surface area contributed by atoms with Gasteiger partial charge >= 0.3 is 8.03 Å². The number of carbonyl (C=O) groups is 3. The van der Waals surface area contributed by atoms with E-state index < -0.39 is 15.4 Å². The average Bonchev–Trinajstić information content (AvgIpc) is 3.32. The summed E-state index contributed by atoms with van der Waals surface area (Å²) in [4.78, 5) is 55.4. The third-order valence-electron chi connectivity index (χ3n) is 9.71. The Kier molecular flexibility index (Phi) is 29.2. The third kappa shape index (κ3) is 25.1. The molecule has 0 radical (unpaired) electrons. The number of aldehydes is 2. The Morgan fingerprint density at radius 1 is 0.662 bits per heavy atom. The van der Waals surface area contributed by atoms with Crippen molar-refractivity contribution in [2.24, 2.45) is 5.41 Å². The van der Waals surface area contributed by atoms with Gasteiger partial charge in [0.1, 0.15) is 31.0 Å². The minimum atomic E-state index is -3.59. The fourth-order valence-electron chi connectivity index (χ4n) is 6.45. The quantitative estimate of drug-likeness (QED) is 0.0561. The highest BCUT2D eigenvalue weighted by Gasteiger charge is 2.22. The molecule has 14 heteroatoms. The van der Waals surface area contributed by atoms with Crippen LogP contribution < -0.4 is 29.9 Å². The molecule has 0 aliphatic carbocycles. The van der Waals surface area contributed by atoms with Crippen LogP contribution in [0.25, 0.3) is 0 Å². The first-order chi connectivity index (χ1) is 33.4. The molecule has 2 atom stereocenters. The Bertz CT molecular complexity index is 2520. The smallest absolute Gasteiger partial charge is 0.348 e. The van der Waals surface area contributed by atoms with Crippen LogP contribution in [0, 0.1) is 47.0 Å². The first-order valence-corrected chi connectivity index (χ1v) is 25.9. The van der Waals surface area contributed by atoms with Crippen molar-refractivity contribution in [3.63, 3.8) is 0 Å². The molecule has 2 unspecified atom stereocenters. The lowest BCUT2D eigenvalue weighted by atomic mass is 9.86. The molecule has 0 saturated carbocycles. The zero-order valence-corrected chi connectivity index (χ0v) is 44.7. The number of hydrogen-bond acceptors (Lipinski definition) is 12. The molecule has 0 amide bonds. The molecule has 71 heavy (non-hydrogen) atoms. The Morgan fingerprint density at radius 2 is 1.06 bits per heavy atom. The lowest BCUT2D eigenvalue weighted by Crippen LogP contribution is -2.20. The minimum absolute atomic E-state index is 0.00453. The lowest BCUT2D eigenvalue weighted by molar-refractivity contribution is -0.171. The molecule has 382 valence electrons. The summed E-state index contributed by atoms with van der Waals surface area (Å²) in [7, 11) is -5.98. The van der Waals surface area contributed by atoms with Crippen LogP contribution >= 0.6 is 15.4 Å². The van der Waals surface area contributed by atoms with Crippen molar-refractivity contribution in [1.29, 1.82) is 0 Å². The normalized spacial score (nSPS) is 11.3. The van der Waals surface area contributed by atoms with E-state index in [2.05, 4.69) is 0 Å². The standard InChI is InChI=1S/C16H19O2P.C13H18O3.C10H12O.C9H10O3.C6H5O2P.C3H8O/c1-12-9-13(2)16(14(3)10-12)11-19(17,18)15-7-5-4-6-8-15;1-13(2,3)12(15)10-4-6-11(7-5-10)16-9-8-14;1-7-4-8(2)10(6-11)9(3)5-7;10-5-6-12-9-3-1-8(7-11)2-4-9;7-9(8)6-4-2-1-3-5-6;1-3(2)4/h4-10H,11H2,1-3H3,(H,17,18);4-7,14H,8-9H2,1-3H3;4-6H,1-3H3;1-4,7,10H,5-6H2;1-5H;3-4H,1-2H3/p-1. The van der Waals surface area contributed by atoms with Gasteiger partial charge < -0.3 is 39.1 Å². The van der Waals surface area contributed by atoms with Gasteiger partial charge in [0.15, 0.2) is 17.4 Å². The van der Waals surface area contributed by atoms with Crippen molar-refractivity contribution in [1.82, 2.24) is 0 Å². The minimum Gasteiger partial charge on any atom is -0.796 e. The maximum Gasteiger partial charge on any atom is 0.348 e. The van der Waals surface area contributed by atoms with Crippen LogP contribution in [0.1, 0.15) is 105 Å². The highest BCUT2D eigenvalue weighted by atomic mass is 31.2. The van der Waals surface area contributed by atoms with E-state index >= 15 is 0 Å². The molecule has 0 heterocycles. The summed E-state index contributed by atoms with van der Waals surface area (Å²) in [5, 5.41) is 25.9. The highest BCUT2D eigenvalue weighted by Crippen LogP contribution is 2.40. The molecule has 0 aliphatic heterocycles. The van der Waals surface area contributed by atoms with Crippen molar-refractivity contribution < 1.29 is 58.1 Å². The van der Waals surface area contributed by atoms with Gasteiger partial charge in [0, 0.05) is 41.7 Å². The Labute approximate surface area is 421 Å². The number of ether oxygens (including phenoxy) is 2. The SMILES string of the molecule is CC(C)(C)C(=O)c1ccc(OCCO)cc1.CC(C)O.Cc1cc(C)c(C=O)c(C)c1.Cc1cc(C)c(CP(=O)([O-])c2ccccc2)c(C)c1.O=Cc1ccc(OCCO)cc1.O=[P+]([O-])c1ccccc1. The van der Waals surface area contributed by atoms with Gasteiger partial charge in [-0.2, -0.15) is 0 Å². The van der Waals surface area contributed by atoms with Gasteiger partial charge in [0.05, 0.1) is 13.2 Å². The molecule has 3 N–H and O–H groups in total. The van der Waals surface area contributed by atoms with E-state index in [0.29, 0.717) is 33.2 Å². The zero-order valence-electron chi connectivity index (χ0n) is 42.9. The summed E-state index contributed by atoms with van der Waals surface area (Å²) in [6.45, 7) is 21.6. The molecule has 6 aromatic carbocycles. The lowest BCUT2D eigenvalue weighted by Gasteiger charge is -2.26. The summed E-state index contributed by atoms with van der Waals surface area (Å²) in [6.07, 6.45) is 1.62. The van der Waals surface area contributed by atoms with Crippen molar-refractivity contribution >= 4 is 44.4 Å². The highest BCUT2D eigenvalue weighted by molar-refractivity contribution is 7.63. The molecule has 6 rings (SSSR count). The summed E-state index contributed by atoms with van der Waals surface area (Å²) < 4.78 is 33.0. The maximum atomic E-state index is 12.4. The Hall–Kier alpha value is -5.94. The van der Waals surface area contributed by atoms with Gasteiger partial charge in [0.2, 0.25) is 0 Å². The van der Waals surface area contributed by atoms with Gasteiger partial charge in [-0.05, 0) is 149 Å². The first-order valence-electron chi connectivity index (χ1n) is 22.9. The molecule has 6 aromatic rings. The van der Waals surface area contributed by atoms with Crippen LogP contribution in [-0.2, 0) is 15.3 Å². The van der Waals surface area contributed by atoms with Gasteiger partial charge in [-0.25, -0.2) is 0 Å². The number of aliphatic hydroxyl groups is 3. The van der Waals surface area contributed by atoms with Crippen LogP contribution in [0.15, 0.2) is 133 Å². The summed E-state index contributed by atoms with van der Waals surface area (Å²) in [5.74, 6) is 1.44. The molecule has 0 aromatic heterocycles. The predicted molar refractivity (Wildman–Crippen MR) is 282 cm³/mol. The molecular formula is C57H71O12P2-. The fourth-order valence-corrected chi connectivity index (χ4v) is 8.59. The molecular weight excluding hydrogens is 939 g/mol. The molecule has 0 fully saturated rings. The predicted octanol–water partition coefficient (Wildman–Crippen LogP) is 9.46. The average molecular weight is 1010 g/mol. The van der Waals surface area contributed by atoms with E-state index in [9.17, 15) is 33.3 Å². The summed E-state index contributed by atoms with van der Waals surface area (Å²) in [5.41, 5.74) is 9.29. The van der Waals surface area contributed by atoms with E-state index in [1.807, 2.05) is 92.6 Å². The second kappa shape index (κ2) is 32.9. The molecule has 12 nitrogen and oxygen atoms in total. The van der Waals surface area contributed by atoms with Crippen LogP contribution in [-0.4, -0.2) is 66.2 Å². The van der Waals surface area contributed by atoms with E-state index in [4.69, 9.17) is 24.8 Å². The van der Waals surface area contributed by atoms with Crippen LogP contribution in [0.4, 0.5) is 0 Å². The number of ketones is 1. The maximum absolute atomic E-state index is 12.4. The van der Waals surface area contributed by atoms with E-state index in [0.717, 1.165) is 46.0 Å². The number of benzene rings is 6. The number of aryl methyl sites for hydroxylation is 6. The van der Waals surface area contributed by atoms with Gasteiger partial charge in [0.25, 0.3) is 0 Å². The van der Waals surface area contributed by atoms with Gasteiger partial charge in [-0.3, -0.25) is 14.4 Å². The van der Waals surface area contributed by atoms with Gasteiger partial charge in [-0.1, -0.05) is 109 Å². The van der Waals surface area contributed by atoms with E-state index in [-0.39, 0.29) is 49.9 Å². The van der Waals surface area contributed by atoms with Crippen LogP contribution in [0.5, 0.6) is 11.5 Å². The zero-order chi connectivity index (χ0) is 53.7. The van der Waals surface area contributed by atoms with Gasteiger partial charge in [-0.15, -0.1) is 0 Å². The topological polar surface area (TPSA) is 211 Å². The number of hydrogen-bond donors (Lipinski definition) is 3. The van der Waals surface area contributed by atoms with Crippen molar-refractivity contribution in [3.8, 4) is 11.5 Å². The number of aliphatic hydroxyl groups excluding tert-OH is 3. The summed E-state index contributed by atoms with van der Waals surface area (Å²) in [6, 6.07) is 38.8. The van der Waals surface area contributed by atoms with E-state index in [1.165, 1.54) is 11.1 Å². The molecule has 0 bridgehead atoms. The second-order valence-corrected chi connectivity index (χ2v) is 20.8. The Morgan fingerprint density at radius 3 is 1.41 bits per heavy atom. The largest absolute Gasteiger partial charge is 0.796 e. The van der Waals surface area contributed by atoms with Crippen LogP contribution in [0.2, 0.25) is 0 Å². The molecule has 0 saturated heterocycles. The fraction of sp³-hybridized carbons (Fsp3) is 0.316. The second-order valence-electron chi connectivity index (χ2n) is 17.6. The molecule has 0 spiro atoms. The number of rotatable bonds is 13. The Balaban J connectivity index is 0.000000445. The first kappa shape index (κ1) is 63.1. The van der Waals surface area contributed by atoms with Crippen LogP contribution in [0.3, 0.4) is 0 Å².